The van der Waals surface area contributed by atoms with Gasteiger partial charge in [0.2, 0.25) is 5.69 Å². The van der Waals surface area contributed by atoms with Gasteiger partial charge in [-0.15, -0.1) is 0 Å². The zero-order valence-electron chi connectivity index (χ0n) is 15.7. The molecule has 0 saturated carbocycles. The molecule has 0 aliphatic heterocycles. The molecule has 0 aromatic heterocycles. The smallest absolute Gasteiger partial charge is 0.326 e. The van der Waals surface area contributed by atoms with Crippen LogP contribution in [0.5, 0.6) is 0 Å². The van der Waals surface area contributed by atoms with Gasteiger partial charge in [-0.2, -0.15) is 0 Å². The molecular formula is C18H27ClN2O3Si. The molecule has 0 aliphatic rings. The van der Waals surface area contributed by atoms with Crippen molar-refractivity contribution in [2.24, 2.45) is 0 Å². The Balaban J connectivity index is 2.82. The van der Waals surface area contributed by atoms with E-state index < -0.39 is 20.3 Å². The van der Waals surface area contributed by atoms with Crippen LogP contribution in [-0.2, 0) is 9.22 Å². The Hall–Kier alpha value is -1.55. The summed E-state index contributed by atoms with van der Waals surface area (Å²) < 4.78 is 6.07. The molecule has 138 valence electrons. The summed E-state index contributed by atoms with van der Waals surface area (Å²) >= 11 is 6.16. The summed E-state index contributed by atoms with van der Waals surface area (Å²) in [7, 11) is -1.91. The Labute approximate surface area is 156 Å². The van der Waals surface area contributed by atoms with Crippen LogP contribution in [0.2, 0.25) is 23.2 Å². The molecule has 0 unspecified atom stereocenters. The normalized spacial score (nSPS) is 13.2. The fourth-order valence-electron chi connectivity index (χ4n) is 2.01. The van der Waals surface area contributed by atoms with Crippen LogP contribution in [0.1, 0.15) is 32.8 Å². The van der Waals surface area contributed by atoms with Crippen LogP contribution < -0.4 is 5.32 Å². The maximum atomic E-state index is 11.6. The first-order chi connectivity index (χ1) is 11.4. The highest BCUT2D eigenvalue weighted by Gasteiger charge is 2.37. The molecule has 0 saturated heterocycles. The van der Waals surface area contributed by atoms with E-state index in [9.17, 15) is 9.90 Å². The average Bonchev–Trinajstić information content (AvgIpc) is 2.49. The second kappa shape index (κ2) is 8.22. The molecule has 2 N–H and O–H groups in total. The van der Waals surface area contributed by atoms with Crippen LogP contribution in [0.3, 0.4) is 0 Å². The van der Waals surface area contributed by atoms with Crippen LogP contribution in [0.15, 0.2) is 12.1 Å². The lowest BCUT2D eigenvalue weighted by Crippen LogP contribution is -2.42. The zero-order chi connectivity index (χ0) is 19.4. The van der Waals surface area contributed by atoms with Crippen molar-refractivity contribution in [1.29, 1.82) is 0 Å². The Kier molecular flexibility index (Phi) is 7.06. The molecular weight excluding hydrogens is 356 g/mol. The van der Waals surface area contributed by atoms with E-state index in [0.717, 1.165) is 0 Å². The molecule has 0 spiro atoms. The van der Waals surface area contributed by atoms with Crippen molar-refractivity contribution in [3.05, 3.63) is 34.1 Å². The van der Waals surface area contributed by atoms with Crippen molar-refractivity contribution in [3.8, 4) is 0 Å². The number of benzene rings is 1. The molecule has 0 fully saturated rings. The van der Waals surface area contributed by atoms with E-state index in [2.05, 4.69) is 44.0 Å². The predicted molar refractivity (Wildman–Crippen MR) is 105 cm³/mol. The average molecular weight is 383 g/mol. The Morgan fingerprint density at radius 3 is 2.52 bits per heavy atom. The van der Waals surface area contributed by atoms with Gasteiger partial charge in [0.1, 0.15) is 6.04 Å². The molecule has 0 heterocycles. The van der Waals surface area contributed by atoms with Crippen LogP contribution in [0, 0.1) is 13.5 Å². The number of carboxylic acid groups (broad SMARTS) is 1. The summed E-state index contributed by atoms with van der Waals surface area (Å²) in [5.74, 6) is -0.941. The van der Waals surface area contributed by atoms with Gasteiger partial charge < -0.3 is 14.8 Å². The van der Waals surface area contributed by atoms with E-state index in [1.165, 1.54) is 0 Å². The van der Waals surface area contributed by atoms with Gasteiger partial charge in [0.05, 0.1) is 11.6 Å². The van der Waals surface area contributed by atoms with Crippen molar-refractivity contribution in [3.63, 3.8) is 0 Å². The largest absolute Gasteiger partial charge is 0.480 e. The summed E-state index contributed by atoms with van der Waals surface area (Å²) in [6.07, 6.45) is 0.351. The third-order valence-electron chi connectivity index (χ3n) is 4.79. The van der Waals surface area contributed by atoms with Crippen molar-refractivity contribution < 1.29 is 14.3 Å². The minimum atomic E-state index is -1.91. The molecule has 25 heavy (non-hydrogen) atoms. The van der Waals surface area contributed by atoms with Gasteiger partial charge in [-0.25, -0.2) is 9.64 Å². The third kappa shape index (κ3) is 5.46. The summed E-state index contributed by atoms with van der Waals surface area (Å²) in [4.78, 5) is 14.9. The van der Waals surface area contributed by atoms with E-state index in [1.54, 1.807) is 19.1 Å². The lowest BCUT2D eigenvalue weighted by Gasteiger charge is -2.36. The molecule has 7 heteroatoms. The van der Waals surface area contributed by atoms with Gasteiger partial charge >= 0.3 is 5.97 Å². The molecule has 0 amide bonds. The minimum Gasteiger partial charge on any atom is -0.480 e. The van der Waals surface area contributed by atoms with Gasteiger partial charge in [0.25, 0.3) is 0 Å². The highest BCUT2D eigenvalue weighted by Crippen LogP contribution is 2.37. The highest BCUT2D eigenvalue weighted by molar-refractivity contribution is 6.74. The number of nitrogens with one attached hydrogen (secondary N) is 1. The number of carbonyl (C=O) groups is 1. The first-order valence-corrected chi connectivity index (χ1v) is 11.5. The Bertz CT molecular complexity index is 678. The number of anilines is 1. The number of rotatable bonds is 7. The Morgan fingerprint density at radius 1 is 1.44 bits per heavy atom. The summed E-state index contributed by atoms with van der Waals surface area (Å²) in [6, 6.07) is 2.51. The fraction of sp³-hybridized carbons (Fsp3) is 0.556. The standard InChI is InChI=1S/C18H27ClN2O3Si/c1-12-13(8-9-14(20-5)16(12)19)21-15(17(22)23)10-11-24-25(6,7)18(2,3)4/h8-9,15,21H,10-11H2,1-4,6-7H3,(H,22,23)/t15-/m1/s1. The quantitative estimate of drug-likeness (QED) is 0.484. The molecule has 0 aliphatic carbocycles. The molecule has 1 aromatic carbocycles. The first-order valence-electron chi connectivity index (χ1n) is 8.20. The van der Waals surface area contributed by atoms with Gasteiger partial charge in [0, 0.05) is 18.7 Å². The number of nitrogens with zero attached hydrogens (tertiary/aromatic N) is 1. The first kappa shape index (κ1) is 21.5. The molecule has 1 aromatic rings. The summed E-state index contributed by atoms with van der Waals surface area (Å²) in [5, 5.41) is 12.9. The fourth-order valence-corrected chi connectivity index (χ4v) is 3.28. The SMILES string of the molecule is [C-]#[N+]c1ccc(N[C@H](CCO[Si](C)(C)C(C)(C)C)C(=O)O)c(C)c1Cl. The van der Waals surface area contributed by atoms with Crippen LogP contribution >= 0.6 is 11.6 Å². The van der Waals surface area contributed by atoms with Crippen LogP contribution in [0.4, 0.5) is 11.4 Å². The van der Waals surface area contributed by atoms with E-state index >= 15 is 0 Å². The Morgan fingerprint density at radius 2 is 2.04 bits per heavy atom. The predicted octanol–water partition coefficient (Wildman–Crippen LogP) is 5.48. The number of hydrogen-bond donors (Lipinski definition) is 2. The molecule has 0 bridgehead atoms. The molecule has 5 nitrogen and oxygen atoms in total. The van der Waals surface area contributed by atoms with E-state index in [4.69, 9.17) is 22.6 Å². The molecule has 1 atom stereocenters. The number of aliphatic carboxylic acids is 1. The lowest BCUT2D eigenvalue weighted by atomic mass is 10.1. The monoisotopic (exact) mass is 382 g/mol. The third-order valence-corrected chi connectivity index (χ3v) is 9.81. The summed E-state index contributed by atoms with van der Waals surface area (Å²) in [6.45, 7) is 20.0. The van der Waals surface area contributed by atoms with Gasteiger partial charge in [-0.1, -0.05) is 38.4 Å². The van der Waals surface area contributed by atoms with Crippen LogP contribution in [-0.4, -0.2) is 32.0 Å². The minimum absolute atomic E-state index is 0.0822. The number of carboxylic acids is 1. The van der Waals surface area contributed by atoms with Gasteiger partial charge in [-0.05, 0) is 36.7 Å². The second-order valence-electron chi connectivity index (χ2n) is 7.62. The highest BCUT2D eigenvalue weighted by atomic mass is 35.5. The molecule has 1 rings (SSSR count). The van der Waals surface area contributed by atoms with Crippen LogP contribution in [0.25, 0.3) is 4.85 Å². The zero-order valence-corrected chi connectivity index (χ0v) is 17.5. The maximum Gasteiger partial charge on any atom is 0.326 e. The van der Waals surface area contributed by atoms with E-state index in [1.807, 2.05) is 0 Å². The van der Waals surface area contributed by atoms with Crippen molar-refractivity contribution in [2.45, 2.75) is 58.3 Å². The summed E-state index contributed by atoms with van der Waals surface area (Å²) in [5.41, 5.74) is 1.65. The topological polar surface area (TPSA) is 62.9 Å². The lowest BCUT2D eigenvalue weighted by molar-refractivity contribution is -0.138. The van der Waals surface area contributed by atoms with Gasteiger partial charge in [-0.3, -0.25) is 0 Å². The van der Waals surface area contributed by atoms with Gasteiger partial charge in [0.15, 0.2) is 8.32 Å². The maximum absolute atomic E-state index is 11.6. The van der Waals surface area contributed by atoms with Crippen molar-refractivity contribution >= 4 is 37.3 Å². The number of halogens is 1. The van der Waals surface area contributed by atoms with E-state index in [-0.39, 0.29) is 5.04 Å². The number of hydrogen-bond acceptors (Lipinski definition) is 3. The second-order valence-corrected chi connectivity index (χ2v) is 12.8. The van der Waals surface area contributed by atoms with E-state index in [0.29, 0.717) is 35.0 Å². The molecule has 0 radical (unpaired) electrons. The van der Waals surface area contributed by atoms with Crippen molar-refractivity contribution in [2.75, 3.05) is 11.9 Å². The van der Waals surface area contributed by atoms with Crippen molar-refractivity contribution in [1.82, 2.24) is 0 Å².